The van der Waals surface area contributed by atoms with Gasteiger partial charge >= 0.3 is 12.1 Å². The predicted octanol–water partition coefficient (Wildman–Crippen LogP) is 5.02. The number of alkyl halides is 3. The van der Waals surface area contributed by atoms with Gasteiger partial charge in [-0.15, -0.1) is 11.3 Å². The second-order valence-electron chi connectivity index (χ2n) is 6.41. The van der Waals surface area contributed by atoms with E-state index in [2.05, 4.69) is 10.0 Å². The van der Waals surface area contributed by atoms with E-state index in [4.69, 9.17) is 16.3 Å². The fourth-order valence-corrected chi connectivity index (χ4v) is 5.10. The molecule has 0 aliphatic rings. The monoisotopic (exact) mass is 518 g/mol. The topological polar surface area (TPSA) is 102 Å². The largest absolute Gasteiger partial charge is 0.452 e. The lowest BCUT2D eigenvalue weighted by Crippen LogP contribution is -2.22. The first-order valence-electron chi connectivity index (χ1n) is 8.97. The summed E-state index contributed by atoms with van der Waals surface area (Å²) in [5.74, 6) is -1.88. The number of anilines is 2. The highest BCUT2D eigenvalue weighted by Gasteiger charge is 2.33. The van der Waals surface area contributed by atoms with Crippen LogP contribution < -0.4 is 10.0 Å². The van der Waals surface area contributed by atoms with Gasteiger partial charge in [0.25, 0.3) is 15.9 Å². The van der Waals surface area contributed by atoms with Gasteiger partial charge in [-0.25, -0.2) is 13.2 Å². The Balaban J connectivity index is 1.58. The van der Waals surface area contributed by atoms with Crippen molar-refractivity contribution in [3.8, 4) is 0 Å². The molecule has 3 aromatic rings. The van der Waals surface area contributed by atoms with Crippen LogP contribution >= 0.6 is 22.9 Å². The number of rotatable bonds is 7. The summed E-state index contributed by atoms with van der Waals surface area (Å²) in [5, 5.41) is 2.05. The molecular weight excluding hydrogens is 505 g/mol. The Kier molecular flexibility index (Phi) is 7.30. The molecule has 2 N–H and O–H groups in total. The van der Waals surface area contributed by atoms with Crippen molar-refractivity contribution < 1.29 is 35.9 Å². The van der Waals surface area contributed by atoms with Gasteiger partial charge in [0.15, 0.2) is 6.61 Å². The number of esters is 1. The number of carbonyl (C=O) groups is 2. The van der Waals surface area contributed by atoms with Gasteiger partial charge in [-0.05, 0) is 48.5 Å². The molecular formula is C20H14ClF3N2O5S2. The Hall–Kier alpha value is -3.09. The Morgan fingerprint density at radius 1 is 1.00 bits per heavy atom. The third-order valence-electron chi connectivity index (χ3n) is 4.03. The van der Waals surface area contributed by atoms with Crippen molar-refractivity contribution in [2.75, 3.05) is 16.6 Å². The molecule has 0 spiro atoms. The highest BCUT2D eigenvalue weighted by Crippen LogP contribution is 2.34. The third kappa shape index (κ3) is 6.46. The van der Waals surface area contributed by atoms with E-state index in [-0.39, 0.29) is 15.5 Å². The number of halogens is 4. The van der Waals surface area contributed by atoms with Crippen LogP contribution in [0.1, 0.15) is 15.9 Å². The summed E-state index contributed by atoms with van der Waals surface area (Å²) in [6.07, 6.45) is -4.67. The molecule has 1 amide bonds. The zero-order valence-corrected chi connectivity index (χ0v) is 18.7. The lowest BCUT2D eigenvalue weighted by atomic mass is 10.1. The molecule has 0 aliphatic heterocycles. The lowest BCUT2D eigenvalue weighted by Gasteiger charge is -2.13. The minimum Gasteiger partial charge on any atom is -0.452 e. The van der Waals surface area contributed by atoms with Gasteiger partial charge in [0.2, 0.25) is 0 Å². The summed E-state index contributed by atoms with van der Waals surface area (Å²) in [7, 11) is -3.86. The molecule has 0 saturated carbocycles. The molecule has 174 valence electrons. The van der Waals surface area contributed by atoms with Gasteiger partial charge in [-0.1, -0.05) is 23.7 Å². The van der Waals surface area contributed by atoms with E-state index in [1.807, 2.05) is 0 Å². The van der Waals surface area contributed by atoms with Gasteiger partial charge in [0.05, 0.1) is 21.2 Å². The molecule has 0 saturated heterocycles. The van der Waals surface area contributed by atoms with Crippen LogP contribution in [0.5, 0.6) is 0 Å². The fourth-order valence-electron chi connectivity index (χ4n) is 2.56. The molecule has 33 heavy (non-hydrogen) atoms. The quantitative estimate of drug-likeness (QED) is 0.428. The SMILES string of the molecule is O=C(COC(=O)c1ccc(NS(=O)(=O)c2ccc(Cl)s2)cc1)Nc1ccccc1C(F)(F)F. The smallest absolute Gasteiger partial charge is 0.418 e. The number of para-hydroxylation sites is 1. The normalized spacial score (nSPS) is 11.6. The number of thiophene rings is 1. The van der Waals surface area contributed by atoms with Crippen LogP contribution in [0.4, 0.5) is 24.5 Å². The minimum absolute atomic E-state index is 0.000563. The average Bonchev–Trinajstić information content (AvgIpc) is 3.19. The highest BCUT2D eigenvalue weighted by molar-refractivity contribution is 7.94. The van der Waals surface area contributed by atoms with Crippen LogP contribution in [0.15, 0.2) is 64.9 Å². The van der Waals surface area contributed by atoms with Crippen molar-refractivity contribution in [2.45, 2.75) is 10.4 Å². The van der Waals surface area contributed by atoms with Crippen LogP contribution in [0.2, 0.25) is 4.34 Å². The van der Waals surface area contributed by atoms with E-state index in [9.17, 15) is 31.2 Å². The summed E-state index contributed by atoms with van der Waals surface area (Å²) in [6, 6.07) is 12.3. The molecule has 0 aliphatic carbocycles. The fraction of sp³-hybridized carbons (Fsp3) is 0.100. The summed E-state index contributed by atoms with van der Waals surface area (Å²) >= 11 is 6.62. The standard InChI is InChI=1S/C20H14ClF3N2O5S2/c21-16-9-10-18(32-16)33(29,30)26-13-7-5-12(6-8-13)19(28)31-11-17(27)25-15-4-2-1-3-14(15)20(22,23)24/h1-10,26H,11H2,(H,25,27). The van der Waals surface area contributed by atoms with Gasteiger partial charge in [0, 0.05) is 5.69 Å². The van der Waals surface area contributed by atoms with Crippen LogP contribution in [0.25, 0.3) is 0 Å². The van der Waals surface area contributed by atoms with Gasteiger partial charge < -0.3 is 10.1 Å². The third-order valence-corrected chi connectivity index (χ3v) is 7.13. The first-order chi connectivity index (χ1) is 15.5. The summed E-state index contributed by atoms with van der Waals surface area (Å²) in [6.45, 7) is -0.821. The molecule has 1 heterocycles. The minimum atomic E-state index is -4.67. The molecule has 3 rings (SSSR count). The Morgan fingerprint density at radius 3 is 2.27 bits per heavy atom. The summed E-state index contributed by atoms with van der Waals surface area (Å²) < 4.78 is 71.0. The molecule has 2 aromatic carbocycles. The molecule has 1 aromatic heterocycles. The average molecular weight is 519 g/mol. The van der Waals surface area contributed by atoms with Crippen LogP contribution in [-0.2, 0) is 25.7 Å². The maximum absolute atomic E-state index is 13.0. The zero-order chi connectivity index (χ0) is 24.2. The van der Waals surface area contributed by atoms with Crippen molar-refractivity contribution in [1.82, 2.24) is 0 Å². The predicted molar refractivity (Wildman–Crippen MR) is 117 cm³/mol. The number of amides is 1. The van der Waals surface area contributed by atoms with Gasteiger partial charge in [-0.3, -0.25) is 9.52 Å². The maximum Gasteiger partial charge on any atom is 0.418 e. The number of carbonyl (C=O) groups excluding carboxylic acids is 2. The first-order valence-corrected chi connectivity index (χ1v) is 11.6. The second-order valence-corrected chi connectivity index (χ2v) is 10.0. The molecule has 0 unspecified atom stereocenters. The molecule has 0 radical (unpaired) electrons. The van der Waals surface area contributed by atoms with Crippen LogP contribution in [-0.4, -0.2) is 26.9 Å². The Labute approximate surface area is 195 Å². The lowest BCUT2D eigenvalue weighted by molar-refractivity contribution is -0.137. The maximum atomic E-state index is 13.0. The summed E-state index contributed by atoms with van der Waals surface area (Å²) in [4.78, 5) is 24.0. The first kappa shape index (κ1) is 24.6. The molecule has 7 nitrogen and oxygen atoms in total. The van der Waals surface area contributed by atoms with Gasteiger partial charge in [-0.2, -0.15) is 13.2 Å². The van der Waals surface area contributed by atoms with E-state index in [0.717, 1.165) is 23.5 Å². The molecule has 0 fully saturated rings. The Morgan fingerprint density at radius 2 is 1.67 bits per heavy atom. The number of ether oxygens (including phenoxy) is 1. The van der Waals surface area contributed by atoms with E-state index in [1.165, 1.54) is 48.5 Å². The van der Waals surface area contributed by atoms with E-state index < -0.39 is 45.9 Å². The van der Waals surface area contributed by atoms with E-state index >= 15 is 0 Å². The van der Waals surface area contributed by atoms with Crippen molar-refractivity contribution in [1.29, 1.82) is 0 Å². The number of hydrogen-bond acceptors (Lipinski definition) is 6. The zero-order valence-electron chi connectivity index (χ0n) is 16.4. The van der Waals surface area contributed by atoms with Gasteiger partial charge in [0.1, 0.15) is 4.21 Å². The van der Waals surface area contributed by atoms with Crippen molar-refractivity contribution in [3.63, 3.8) is 0 Å². The van der Waals surface area contributed by atoms with E-state index in [1.54, 1.807) is 0 Å². The molecule has 0 atom stereocenters. The number of hydrogen-bond donors (Lipinski definition) is 2. The summed E-state index contributed by atoms with van der Waals surface area (Å²) in [5.41, 5.74) is -1.33. The highest BCUT2D eigenvalue weighted by atomic mass is 35.5. The molecule has 0 bridgehead atoms. The van der Waals surface area contributed by atoms with Crippen molar-refractivity contribution in [2.24, 2.45) is 0 Å². The number of benzene rings is 2. The van der Waals surface area contributed by atoms with Crippen molar-refractivity contribution in [3.05, 3.63) is 76.1 Å². The van der Waals surface area contributed by atoms with Crippen molar-refractivity contribution >= 4 is 56.2 Å². The second kappa shape index (κ2) is 9.81. The van der Waals surface area contributed by atoms with Crippen LogP contribution in [0, 0.1) is 0 Å². The number of sulfonamides is 1. The van der Waals surface area contributed by atoms with E-state index in [0.29, 0.717) is 4.34 Å². The van der Waals surface area contributed by atoms with Crippen LogP contribution in [0.3, 0.4) is 0 Å². The Bertz CT molecular complexity index is 1280. The number of nitrogens with one attached hydrogen (secondary N) is 2. The molecule has 13 heteroatoms.